The molecular weight excluding hydrogens is 358 g/mol. The van der Waals surface area contributed by atoms with Crippen LogP contribution >= 0.6 is 0 Å². The van der Waals surface area contributed by atoms with Gasteiger partial charge in [0.1, 0.15) is 12.1 Å². The van der Waals surface area contributed by atoms with E-state index in [1.54, 1.807) is 21.8 Å². The van der Waals surface area contributed by atoms with Crippen LogP contribution in [0.3, 0.4) is 0 Å². The van der Waals surface area contributed by atoms with E-state index in [9.17, 15) is 4.79 Å². The predicted molar refractivity (Wildman–Crippen MR) is 103 cm³/mol. The lowest BCUT2D eigenvalue weighted by Gasteiger charge is -2.30. The molecule has 1 N–H and O–H groups in total. The first-order valence-corrected chi connectivity index (χ1v) is 9.77. The molecule has 3 aromatic rings. The monoisotopic (exact) mass is 381 g/mol. The first kappa shape index (κ1) is 17.3. The maximum absolute atomic E-state index is 12.5. The van der Waals surface area contributed by atoms with Gasteiger partial charge < -0.3 is 10.1 Å². The smallest absolute Gasteiger partial charge is 0.267 e. The van der Waals surface area contributed by atoms with Crippen molar-refractivity contribution >= 4 is 16.9 Å². The highest BCUT2D eigenvalue weighted by atomic mass is 16.5. The summed E-state index contributed by atoms with van der Waals surface area (Å²) < 4.78 is 8.88. The van der Waals surface area contributed by atoms with Crippen LogP contribution in [0.5, 0.6) is 0 Å². The summed E-state index contributed by atoms with van der Waals surface area (Å²) >= 11 is 0. The van der Waals surface area contributed by atoms with Gasteiger partial charge in [0.2, 0.25) is 0 Å². The molecule has 146 valence electrons. The van der Waals surface area contributed by atoms with Crippen LogP contribution < -0.4 is 10.9 Å². The standard InChI is InChI=1S/C19H23N7O2/c1-25-9-15-18(20-11-21-19(15)24-25)22-13-2-4-14(5-3-13)26-17(27)8-12-10-28-7-6-16(12)23-26/h8-9,11,13-14H,2-7,10H2,1H3,(H,20,21,22,24). The second kappa shape index (κ2) is 6.97. The number of aromatic nitrogens is 6. The van der Waals surface area contributed by atoms with Crippen molar-refractivity contribution in [1.82, 2.24) is 29.5 Å². The summed E-state index contributed by atoms with van der Waals surface area (Å²) in [6.45, 7) is 1.17. The molecule has 0 aromatic carbocycles. The van der Waals surface area contributed by atoms with Gasteiger partial charge in [-0.2, -0.15) is 10.2 Å². The number of nitrogens with one attached hydrogen (secondary N) is 1. The third kappa shape index (κ3) is 3.15. The summed E-state index contributed by atoms with van der Waals surface area (Å²) in [4.78, 5) is 21.1. The lowest BCUT2D eigenvalue weighted by Crippen LogP contribution is -2.35. The topological polar surface area (TPSA) is 99.8 Å². The Balaban J connectivity index is 1.29. The van der Waals surface area contributed by atoms with Crippen molar-refractivity contribution in [2.24, 2.45) is 7.05 Å². The molecule has 9 nitrogen and oxygen atoms in total. The molecule has 0 unspecified atom stereocenters. The Hall–Kier alpha value is -2.81. The molecule has 5 rings (SSSR count). The highest BCUT2D eigenvalue weighted by Crippen LogP contribution is 2.30. The summed E-state index contributed by atoms with van der Waals surface area (Å²) in [6, 6.07) is 2.17. The van der Waals surface area contributed by atoms with E-state index in [4.69, 9.17) is 4.74 Å². The first-order valence-electron chi connectivity index (χ1n) is 9.77. The van der Waals surface area contributed by atoms with Gasteiger partial charge >= 0.3 is 0 Å². The summed E-state index contributed by atoms with van der Waals surface area (Å²) in [6.07, 6.45) is 8.02. The van der Waals surface area contributed by atoms with Crippen molar-refractivity contribution in [2.45, 2.75) is 50.8 Å². The maximum Gasteiger partial charge on any atom is 0.267 e. The molecule has 1 aliphatic carbocycles. The van der Waals surface area contributed by atoms with Gasteiger partial charge in [-0.15, -0.1) is 0 Å². The number of hydrogen-bond donors (Lipinski definition) is 1. The van der Waals surface area contributed by atoms with Gasteiger partial charge in [0.15, 0.2) is 5.65 Å². The molecule has 1 aliphatic heterocycles. The highest BCUT2D eigenvalue weighted by Gasteiger charge is 2.26. The molecule has 9 heteroatoms. The Labute approximate surface area is 161 Å². The fourth-order valence-corrected chi connectivity index (χ4v) is 4.21. The molecule has 28 heavy (non-hydrogen) atoms. The van der Waals surface area contributed by atoms with Crippen molar-refractivity contribution in [3.63, 3.8) is 0 Å². The van der Waals surface area contributed by atoms with E-state index in [0.29, 0.717) is 24.9 Å². The number of hydrogen-bond acceptors (Lipinski definition) is 7. The Morgan fingerprint density at radius 1 is 1.18 bits per heavy atom. The van der Waals surface area contributed by atoms with Crippen LogP contribution in [0.15, 0.2) is 23.4 Å². The quantitative estimate of drug-likeness (QED) is 0.735. The number of aryl methyl sites for hydroxylation is 1. The number of ether oxygens (including phenoxy) is 1. The van der Waals surface area contributed by atoms with E-state index < -0.39 is 0 Å². The fraction of sp³-hybridized carbons (Fsp3) is 0.526. The number of fused-ring (bicyclic) bond motifs is 2. The van der Waals surface area contributed by atoms with Gasteiger partial charge in [-0.1, -0.05) is 0 Å². The predicted octanol–water partition coefficient (Wildman–Crippen LogP) is 1.59. The van der Waals surface area contributed by atoms with Crippen molar-refractivity contribution in [1.29, 1.82) is 0 Å². The summed E-state index contributed by atoms with van der Waals surface area (Å²) in [5, 5.41) is 13.5. The molecule has 3 aromatic heterocycles. The van der Waals surface area contributed by atoms with E-state index in [1.165, 1.54) is 0 Å². The number of nitrogens with zero attached hydrogens (tertiary/aromatic N) is 6. The average molecular weight is 381 g/mol. The Morgan fingerprint density at radius 3 is 2.89 bits per heavy atom. The Bertz CT molecular complexity index is 1070. The lowest BCUT2D eigenvalue weighted by atomic mass is 9.91. The molecule has 0 spiro atoms. The minimum Gasteiger partial charge on any atom is -0.376 e. The van der Waals surface area contributed by atoms with Crippen molar-refractivity contribution < 1.29 is 4.74 Å². The SMILES string of the molecule is Cn1cc2c(NC3CCC(n4nc5c(cc4=O)COCC5)CC3)ncnc2n1. The van der Waals surface area contributed by atoms with Crippen LogP contribution in [0.25, 0.3) is 11.0 Å². The van der Waals surface area contributed by atoms with Crippen molar-refractivity contribution in [3.05, 3.63) is 40.2 Å². The molecule has 0 bridgehead atoms. The van der Waals surface area contributed by atoms with Crippen molar-refractivity contribution in [2.75, 3.05) is 11.9 Å². The molecule has 0 saturated heterocycles. The zero-order valence-corrected chi connectivity index (χ0v) is 15.8. The van der Waals surface area contributed by atoms with Gasteiger partial charge in [-0.05, 0) is 25.7 Å². The molecule has 0 atom stereocenters. The summed E-state index contributed by atoms with van der Waals surface area (Å²) in [5.74, 6) is 0.825. The van der Waals surface area contributed by atoms with Gasteiger partial charge in [0, 0.05) is 37.3 Å². The summed E-state index contributed by atoms with van der Waals surface area (Å²) in [5.41, 5.74) is 2.62. The Morgan fingerprint density at radius 2 is 2.04 bits per heavy atom. The van der Waals surface area contributed by atoms with Crippen LogP contribution in [0, 0.1) is 0 Å². The van der Waals surface area contributed by atoms with Crippen LogP contribution in [-0.4, -0.2) is 42.2 Å². The van der Waals surface area contributed by atoms with E-state index in [-0.39, 0.29) is 11.6 Å². The van der Waals surface area contributed by atoms with Gasteiger partial charge in [0.25, 0.3) is 5.56 Å². The molecule has 0 radical (unpaired) electrons. The molecule has 4 heterocycles. The number of anilines is 1. The first-order chi connectivity index (χ1) is 13.7. The molecule has 1 saturated carbocycles. The maximum atomic E-state index is 12.5. The van der Waals surface area contributed by atoms with Crippen LogP contribution in [-0.2, 0) is 24.8 Å². The van der Waals surface area contributed by atoms with Crippen LogP contribution in [0.2, 0.25) is 0 Å². The zero-order chi connectivity index (χ0) is 19.1. The van der Waals surface area contributed by atoms with Gasteiger partial charge in [-0.25, -0.2) is 14.6 Å². The van der Waals surface area contributed by atoms with Crippen LogP contribution in [0.4, 0.5) is 5.82 Å². The third-order valence-electron chi connectivity index (χ3n) is 5.68. The van der Waals surface area contributed by atoms with Gasteiger partial charge in [0.05, 0.1) is 30.3 Å². The Kier molecular flexibility index (Phi) is 4.31. The summed E-state index contributed by atoms with van der Waals surface area (Å²) in [7, 11) is 1.88. The van der Waals surface area contributed by atoms with E-state index in [2.05, 4.69) is 25.5 Å². The number of rotatable bonds is 3. The van der Waals surface area contributed by atoms with Crippen molar-refractivity contribution in [3.8, 4) is 0 Å². The highest BCUT2D eigenvalue weighted by molar-refractivity contribution is 5.85. The second-order valence-electron chi connectivity index (χ2n) is 7.61. The fourth-order valence-electron chi connectivity index (χ4n) is 4.21. The normalized spacial score (nSPS) is 22.2. The lowest BCUT2D eigenvalue weighted by molar-refractivity contribution is 0.107. The molecular formula is C19H23N7O2. The van der Waals surface area contributed by atoms with Gasteiger partial charge in [-0.3, -0.25) is 9.48 Å². The largest absolute Gasteiger partial charge is 0.376 e. The third-order valence-corrected chi connectivity index (χ3v) is 5.68. The van der Waals surface area contributed by atoms with Crippen LogP contribution in [0.1, 0.15) is 43.0 Å². The molecule has 1 fully saturated rings. The minimum absolute atomic E-state index is 0.0199. The minimum atomic E-state index is -0.0199. The molecule has 2 aliphatic rings. The van der Waals surface area contributed by atoms with E-state index in [0.717, 1.165) is 54.6 Å². The van der Waals surface area contributed by atoms with E-state index >= 15 is 0 Å². The van der Waals surface area contributed by atoms with E-state index in [1.807, 2.05) is 13.2 Å². The second-order valence-corrected chi connectivity index (χ2v) is 7.61. The molecule has 0 amide bonds. The zero-order valence-electron chi connectivity index (χ0n) is 15.8. The average Bonchev–Trinajstić information content (AvgIpc) is 3.09.